The summed E-state index contributed by atoms with van der Waals surface area (Å²) in [4.78, 5) is 12.9. The second-order valence-corrected chi connectivity index (χ2v) is 5.21. The third-order valence-corrected chi connectivity index (χ3v) is 3.55. The van der Waals surface area contributed by atoms with Crippen molar-refractivity contribution in [2.45, 2.75) is 25.6 Å². The number of fused-ring (bicyclic) bond motifs is 1. The van der Waals surface area contributed by atoms with Crippen LogP contribution < -0.4 is 5.32 Å². The Morgan fingerprint density at radius 2 is 2.05 bits per heavy atom. The molecule has 0 aliphatic carbocycles. The normalized spacial score (nSPS) is 21.9. The number of carbonyl (C=O) groups is 1. The molecule has 1 amide bonds. The van der Waals surface area contributed by atoms with Gasteiger partial charge >= 0.3 is 6.18 Å². The maximum atomic E-state index is 12.4. The van der Waals surface area contributed by atoms with Crippen molar-refractivity contribution in [1.82, 2.24) is 4.90 Å². The van der Waals surface area contributed by atoms with Crippen molar-refractivity contribution in [3.63, 3.8) is 0 Å². The van der Waals surface area contributed by atoms with E-state index in [2.05, 4.69) is 5.32 Å². The summed E-state index contributed by atoms with van der Waals surface area (Å²) < 4.78 is 37.1. The van der Waals surface area contributed by atoms with Crippen molar-refractivity contribution < 1.29 is 18.0 Å². The van der Waals surface area contributed by atoms with Crippen LogP contribution in [0.4, 0.5) is 18.9 Å². The van der Waals surface area contributed by atoms with Gasteiger partial charge in [0.1, 0.15) is 6.54 Å². The standard InChI is InChI=1S/C14H17F3N2O/c1-9-11(13(20)19(2)8-14(15,16)17)7-10-5-3-4-6-12(10)18-9/h3-6,9,11,18H,7-8H2,1-2H3. The number of hydrogen-bond donors (Lipinski definition) is 1. The van der Waals surface area contributed by atoms with Crippen LogP contribution in [-0.4, -0.2) is 36.6 Å². The number of amides is 1. The summed E-state index contributed by atoms with van der Waals surface area (Å²) >= 11 is 0. The number of nitrogens with one attached hydrogen (secondary N) is 1. The van der Waals surface area contributed by atoms with E-state index in [-0.39, 0.29) is 6.04 Å². The van der Waals surface area contributed by atoms with Crippen LogP contribution in [-0.2, 0) is 11.2 Å². The van der Waals surface area contributed by atoms with E-state index in [1.807, 2.05) is 31.2 Å². The molecular weight excluding hydrogens is 269 g/mol. The minimum absolute atomic E-state index is 0.187. The number of para-hydroxylation sites is 1. The molecule has 6 heteroatoms. The Hall–Kier alpha value is -1.72. The van der Waals surface area contributed by atoms with Crippen molar-refractivity contribution >= 4 is 11.6 Å². The Bertz CT molecular complexity index is 501. The molecule has 2 unspecified atom stereocenters. The molecule has 2 atom stereocenters. The van der Waals surface area contributed by atoms with Crippen LogP contribution in [0.1, 0.15) is 12.5 Å². The lowest BCUT2D eigenvalue weighted by Crippen LogP contribution is -2.46. The van der Waals surface area contributed by atoms with Crippen molar-refractivity contribution in [1.29, 1.82) is 0 Å². The van der Waals surface area contributed by atoms with E-state index in [0.717, 1.165) is 16.2 Å². The second kappa shape index (κ2) is 5.34. The number of anilines is 1. The lowest BCUT2D eigenvalue weighted by molar-refractivity contribution is -0.161. The highest BCUT2D eigenvalue weighted by molar-refractivity contribution is 5.81. The summed E-state index contributed by atoms with van der Waals surface area (Å²) in [6.45, 7) is 0.608. The van der Waals surface area contributed by atoms with Gasteiger partial charge in [-0.2, -0.15) is 13.2 Å². The fourth-order valence-corrected chi connectivity index (χ4v) is 2.53. The zero-order valence-corrected chi connectivity index (χ0v) is 11.4. The highest BCUT2D eigenvalue weighted by atomic mass is 19.4. The fourth-order valence-electron chi connectivity index (χ4n) is 2.53. The van der Waals surface area contributed by atoms with E-state index in [1.165, 1.54) is 7.05 Å². The van der Waals surface area contributed by atoms with Gasteiger partial charge in [0.25, 0.3) is 0 Å². The summed E-state index contributed by atoms with van der Waals surface area (Å²) in [5.74, 6) is -0.950. The molecule has 0 aromatic heterocycles. The van der Waals surface area contributed by atoms with E-state index >= 15 is 0 Å². The van der Waals surface area contributed by atoms with Gasteiger partial charge in [-0.1, -0.05) is 18.2 Å². The van der Waals surface area contributed by atoms with Crippen LogP contribution in [0, 0.1) is 5.92 Å². The van der Waals surface area contributed by atoms with Gasteiger partial charge in [0.2, 0.25) is 5.91 Å². The van der Waals surface area contributed by atoms with Crippen LogP contribution >= 0.6 is 0 Å². The number of hydrogen-bond acceptors (Lipinski definition) is 2. The number of halogens is 3. The molecule has 1 N–H and O–H groups in total. The van der Waals surface area contributed by atoms with Crippen LogP contribution in [0.2, 0.25) is 0 Å². The van der Waals surface area contributed by atoms with Crippen LogP contribution in [0.3, 0.4) is 0 Å². The third kappa shape index (κ3) is 3.23. The third-order valence-electron chi connectivity index (χ3n) is 3.55. The van der Waals surface area contributed by atoms with Crippen LogP contribution in [0.25, 0.3) is 0 Å². The molecule has 3 nitrogen and oxygen atoms in total. The molecule has 0 saturated heterocycles. The molecular formula is C14H17F3N2O. The number of rotatable bonds is 2. The van der Waals surface area contributed by atoms with Gasteiger partial charge in [0.15, 0.2) is 0 Å². The molecule has 110 valence electrons. The lowest BCUT2D eigenvalue weighted by atomic mass is 9.87. The minimum atomic E-state index is -4.37. The topological polar surface area (TPSA) is 32.3 Å². The van der Waals surface area contributed by atoms with E-state index < -0.39 is 24.5 Å². The summed E-state index contributed by atoms with van der Waals surface area (Å²) in [6.07, 6.45) is -3.90. The highest BCUT2D eigenvalue weighted by Crippen LogP contribution is 2.29. The van der Waals surface area contributed by atoms with Crippen molar-refractivity contribution in [2.75, 3.05) is 18.9 Å². The van der Waals surface area contributed by atoms with Gasteiger partial charge < -0.3 is 10.2 Å². The quantitative estimate of drug-likeness (QED) is 0.906. The average Bonchev–Trinajstić information content (AvgIpc) is 2.35. The smallest absolute Gasteiger partial charge is 0.382 e. The molecule has 1 aromatic rings. The molecule has 2 rings (SSSR count). The first-order valence-electron chi connectivity index (χ1n) is 6.44. The number of benzene rings is 1. The predicted octanol–water partition coefficient (Wildman–Crippen LogP) is 2.68. The Labute approximate surface area is 115 Å². The maximum absolute atomic E-state index is 12.4. The van der Waals surface area contributed by atoms with Gasteiger partial charge in [-0.05, 0) is 25.0 Å². The molecule has 1 aliphatic rings. The van der Waals surface area contributed by atoms with Crippen LogP contribution in [0.15, 0.2) is 24.3 Å². The SMILES string of the molecule is CC1Nc2ccccc2CC1C(=O)N(C)CC(F)(F)F. The molecule has 1 aromatic carbocycles. The summed E-state index contributed by atoms with van der Waals surface area (Å²) in [5.41, 5.74) is 1.91. The molecule has 1 heterocycles. The first-order valence-corrected chi connectivity index (χ1v) is 6.44. The van der Waals surface area contributed by atoms with E-state index in [0.29, 0.717) is 6.42 Å². The molecule has 20 heavy (non-hydrogen) atoms. The Kier molecular flexibility index (Phi) is 3.92. The van der Waals surface area contributed by atoms with Crippen molar-refractivity contribution in [3.8, 4) is 0 Å². The van der Waals surface area contributed by atoms with Gasteiger partial charge in [-0.15, -0.1) is 0 Å². The van der Waals surface area contributed by atoms with Crippen LogP contribution in [0.5, 0.6) is 0 Å². The maximum Gasteiger partial charge on any atom is 0.406 e. The molecule has 0 fully saturated rings. The zero-order chi connectivity index (χ0) is 14.9. The van der Waals surface area contributed by atoms with Gasteiger partial charge in [0.05, 0.1) is 5.92 Å². The molecule has 1 aliphatic heterocycles. The highest BCUT2D eigenvalue weighted by Gasteiger charge is 2.36. The minimum Gasteiger partial charge on any atom is -0.382 e. The van der Waals surface area contributed by atoms with Gasteiger partial charge in [-0.25, -0.2) is 0 Å². The van der Waals surface area contributed by atoms with Gasteiger partial charge in [0, 0.05) is 18.8 Å². The molecule has 0 saturated carbocycles. The largest absolute Gasteiger partial charge is 0.406 e. The molecule has 0 radical (unpaired) electrons. The number of nitrogens with zero attached hydrogens (tertiary/aromatic N) is 1. The molecule has 0 spiro atoms. The van der Waals surface area contributed by atoms with Crippen molar-refractivity contribution in [3.05, 3.63) is 29.8 Å². The monoisotopic (exact) mass is 286 g/mol. The van der Waals surface area contributed by atoms with E-state index in [1.54, 1.807) is 0 Å². The summed E-state index contributed by atoms with van der Waals surface area (Å²) in [5, 5.41) is 3.18. The van der Waals surface area contributed by atoms with E-state index in [4.69, 9.17) is 0 Å². The fraction of sp³-hybridized carbons (Fsp3) is 0.500. The van der Waals surface area contributed by atoms with Crippen molar-refractivity contribution in [2.24, 2.45) is 5.92 Å². The number of carbonyl (C=O) groups excluding carboxylic acids is 1. The Morgan fingerprint density at radius 1 is 1.40 bits per heavy atom. The van der Waals surface area contributed by atoms with E-state index in [9.17, 15) is 18.0 Å². The first kappa shape index (κ1) is 14.7. The summed E-state index contributed by atoms with van der Waals surface area (Å²) in [6, 6.07) is 7.35. The predicted molar refractivity (Wildman–Crippen MR) is 70.4 cm³/mol. The van der Waals surface area contributed by atoms with Gasteiger partial charge in [-0.3, -0.25) is 4.79 Å². The second-order valence-electron chi connectivity index (χ2n) is 5.21. The Balaban J connectivity index is 2.12. The number of alkyl halides is 3. The zero-order valence-electron chi connectivity index (χ0n) is 11.4. The average molecular weight is 286 g/mol. The Morgan fingerprint density at radius 3 is 2.70 bits per heavy atom. The molecule has 0 bridgehead atoms. The first-order chi connectivity index (χ1) is 9.28. The lowest BCUT2D eigenvalue weighted by Gasteiger charge is -2.34. The summed E-state index contributed by atoms with van der Waals surface area (Å²) in [7, 11) is 1.20.